The van der Waals surface area contributed by atoms with Crippen LogP contribution in [0.1, 0.15) is 126 Å². The third-order valence-corrected chi connectivity index (χ3v) is 23.9. The van der Waals surface area contributed by atoms with Crippen LogP contribution in [0.15, 0.2) is 11.6 Å². The number of esters is 3. The van der Waals surface area contributed by atoms with E-state index in [1.807, 2.05) is 6.92 Å². The maximum absolute atomic E-state index is 15.6. The van der Waals surface area contributed by atoms with Crippen molar-refractivity contribution in [2.24, 2.45) is 50.2 Å². The lowest BCUT2D eigenvalue weighted by atomic mass is 9.33. The maximum atomic E-state index is 15.6. The van der Waals surface area contributed by atoms with Crippen molar-refractivity contribution in [2.75, 3.05) is 33.0 Å². The normalized spacial score (nSPS) is 54.2. The summed E-state index contributed by atoms with van der Waals surface area (Å²) in [7, 11) is 0. The molecule has 0 bridgehead atoms. The van der Waals surface area contributed by atoms with Crippen molar-refractivity contribution in [3.05, 3.63) is 11.6 Å². The second kappa shape index (κ2) is 25.8. The van der Waals surface area contributed by atoms with E-state index in [-0.39, 0.29) is 30.3 Å². The number of rotatable bonds is 7. The molecule has 5 aliphatic carbocycles. The zero-order valence-electron chi connectivity index (χ0n) is 53.4. The van der Waals surface area contributed by atoms with Gasteiger partial charge in [-0.3, -0.25) is 14.4 Å². The molecule has 0 spiro atoms. The highest BCUT2D eigenvalue weighted by Crippen LogP contribution is 2.76. The van der Waals surface area contributed by atoms with Gasteiger partial charge in [-0.2, -0.15) is 0 Å². The van der Waals surface area contributed by atoms with Gasteiger partial charge in [0.1, 0.15) is 85.5 Å². The van der Waals surface area contributed by atoms with E-state index in [2.05, 4.69) is 40.7 Å². The fraction of sp³-hybridized carbons (Fsp3) is 0.921. The minimum atomic E-state index is -2.07. The molecule has 11 rings (SSSR count). The summed E-state index contributed by atoms with van der Waals surface area (Å²) in [5.74, 6) is -3.64. The summed E-state index contributed by atoms with van der Waals surface area (Å²) in [5.41, 5.74) is -5.58. The zero-order valence-corrected chi connectivity index (χ0v) is 53.4. The van der Waals surface area contributed by atoms with Crippen molar-refractivity contribution in [1.82, 2.24) is 0 Å². The van der Waals surface area contributed by atoms with Crippen molar-refractivity contribution in [1.29, 1.82) is 0 Å². The Labute approximate surface area is 533 Å². The average Bonchev–Trinajstić information content (AvgIpc) is 0.674. The van der Waals surface area contributed by atoms with Crippen LogP contribution in [0, 0.1) is 50.2 Å². The lowest BCUT2D eigenvalue weighted by Crippen LogP contribution is -2.70. The number of aliphatic hydroxyl groups is 14. The maximum Gasteiger partial charge on any atom is 0.315 e. The summed E-state index contributed by atoms with van der Waals surface area (Å²) in [6, 6.07) is 0. The van der Waals surface area contributed by atoms with Crippen LogP contribution in [-0.4, -0.2) is 275 Å². The molecule has 6 aliphatic heterocycles. The first-order valence-corrected chi connectivity index (χ1v) is 32.6. The van der Waals surface area contributed by atoms with Crippen molar-refractivity contribution in [3.8, 4) is 0 Å². The van der Waals surface area contributed by atoms with Gasteiger partial charge < -0.3 is 128 Å². The Morgan fingerprint density at radius 3 is 1.93 bits per heavy atom. The number of fused-ring (bicyclic) bond motifs is 11. The number of ether oxygens (including phenoxy) is 12. The molecule has 10 fully saturated rings. The highest BCUT2D eigenvalue weighted by Gasteiger charge is 2.72. The topological polar surface area (TPSA) is 445 Å². The minimum Gasteiger partial charge on any atom is -0.465 e. The van der Waals surface area contributed by atoms with E-state index in [1.54, 1.807) is 0 Å². The first kappa shape index (κ1) is 70.5. The third-order valence-electron chi connectivity index (χ3n) is 23.9. The predicted octanol–water partition coefficient (Wildman–Crippen LogP) is -2.68. The molecule has 0 radical (unpaired) electrons. The van der Waals surface area contributed by atoms with Gasteiger partial charge in [0.15, 0.2) is 37.4 Å². The Balaban J connectivity index is 0.881. The van der Waals surface area contributed by atoms with Crippen LogP contribution in [0.2, 0.25) is 0 Å². The summed E-state index contributed by atoms with van der Waals surface area (Å²) >= 11 is 0. The highest BCUT2D eigenvalue weighted by molar-refractivity contribution is 5.79. The minimum absolute atomic E-state index is 0.127. The molecular weight excluding hydrogens is 1220 g/mol. The molecule has 6 saturated heterocycles. The Kier molecular flexibility index (Phi) is 19.8. The fourth-order valence-electron chi connectivity index (χ4n) is 18.5. The number of aliphatic hydroxyl groups excluding tert-OH is 13. The predicted molar refractivity (Wildman–Crippen MR) is 306 cm³/mol. The van der Waals surface area contributed by atoms with E-state index in [0.29, 0.717) is 51.4 Å². The van der Waals surface area contributed by atoms with Gasteiger partial charge in [0.25, 0.3) is 0 Å². The van der Waals surface area contributed by atoms with Gasteiger partial charge in [-0.15, -0.1) is 0 Å². The second-order valence-electron chi connectivity index (χ2n) is 30.5. The third kappa shape index (κ3) is 12.2. The molecule has 0 aromatic heterocycles. The lowest BCUT2D eigenvalue weighted by Gasteiger charge is -2.72. The van der Waals surface area contributed by atoms with E-state index in [1.165, 1.54) is 13.8 Å². The summed E-state index contributed by atoms with van der Waals surface area (Å²) in [6.45, 7) is 12.8. The van der Waals surface area contributed by atoms with Crippen LogP contribution in [-0.2, 0) is 71.2 Å². The molecule has 14 N–H and O–H groups in total. The van der Waals surface area contributed by atoms with E-state index in [9.17, 15) is 81.1 Å². The number of cyclic esters (lactones) is 1. The van der Waals surface area contributed by atoms with Crippen LogP contribution in [0.5, 0.6) is 0 Å². The number of hydrogen-bond acceptors (Lipinski definition) is 29. The molecule has 11 aliphatic rings. The number of allylic oxidation sites excluding steroid dienone is 2. The van der Waals surface area contributed by atoms with Crippen LogP contribution >= 0.6 is 0 Å². The molecule has 524 valence electrons. The van der Waals surface area contributed by atoms with Gasteiger partial charge in [-0.1, -0.05) is 53.2 Å². The fourth-order valence-corrected chi connectivity index (χ4v) is 18.5. The molecule has 29 nitrogen and oxygen atoms in total. The Morgan fingerprint density at radius 1 is 0.587 bits per heavy atom. The molecule has 33 atom stereocenters. The number of hydrogen-bond donors (Lipinski definition) is 14. The Hall–Kier alpha value is -2.77. The van der Waals surface area contributed by atoms with Crippen LogP contribution in [0.25, 0.3) is 0 Å². The summed E-state index contributed by atoms with van der Waals surface area (Å²) in [6.07, 6.45) is -34.3. The molecule has 0 aromatic carbocycles. The standard InChI is InChI=1S/C63H98O29/c1-26-38(71)46(88-51-44(77)39(72)30(66)22-81-51)45(78)52(85-26)89-48-41(74)32(68)24-83-54(48)92-56(79)63-15-13-57(2,3)17-28(63)27-9-10-35-59(5)18-29(65)50-60(6,34(59)11-12-62(35,8)61(27,7)14-16-63)25-84-36(69)19-58(4,80)20-37(70)87-47-40(73)31(67)23-82-53(47)90-49-43(76)42(75)33(21-64)86-55(49)91-50/h9,26,28-35,38-55,64-68,71-78,80H,10-25H2,1-8H3/t26?,28-,29-,30?,31?,32?,33?,34+,35+,38?,39?,40?,41?,42?,43?,44?,45?,46?,47?,48?,49?,50-,51?,52?,53?,54?,55?,58?,59-,60-,61+,62+,63-/m0/s1. The van der Waals surface area contributed by atoms with Crippen LogP contribution < -0.4 is 0 Å². The highest BCUT2D eigenvalue weighted by atomic mass is 16.8. The van der Waals surface area contributed by atoms with E-state index < -0.39 is 243 Å². The Bertz CT molecular complexity index is 2700. The molecule has 6 heterocycles. The lowest BCUT2D eigenvalue weighted by molar-refractivity contribution is -0.378. The molecule has 23 unspecified atom stereocenters. The molecule has 4 saturated carbocycles. The molecule has 92 heavy (non-hydrogen) atoms. The van der Waals surface area contributed by atoms with Gasteiger partial charge in [0, 0.05) is 5.41 Å². The van der Waals surface area contributed by atoms with Crippen molar-refractivity contribution < 1.29 is 143 Å². The molecular formula is C63H98O29. The van der Waals surface area contributed by atoms with E-state index in [4.69, 9.17) is 56.8 Å². The van der Waals surface area contributed by atoms with Gasteiger partial charge in [0.05, 0.1) is 75.2 Å². The Morgan fingerprint density at radius 2 is 1.23 bits per heavy atom. The average molecular weight is 1320 g/mol. The first-order chi connectivity index (χ1) is 43.0. The van der Waals surface area contributed by atoms with Gasteiger partial charge in [-0.25, -0.2) is 0 Å². The molecule has 0 aromatic rings. The largest absolute Gasteiger partial charge is 0.465 e. The number of carbonyl (C=O) groups excluding carboxylic acids is 3. The number of carbonyl (C=O) groups is 3. The monoisotopic (exact) mass is 1320 g/mol. The molecule has 0 amide bonds. The van der Waals surface area contributed by atoms with E-state index >= 15 is 4.79 Å². The summed E-state index contributed by atoms with van der Waals surface area (Å²) in [5, 5.41) is 156. The van der Waals surface area contributed by atoms with Crippen molar-refractivity contribution >= 4 is 17.9 Å². The van der Waals surface area contributed by atoms with Gasteiger partial charge in [0.2, 0.25) is 6.29 Å². The van der Waals surface area contributed by atoms with Gasteiger partial charge >= 0.3 is 17.9 Å². The quantitative estimate of drug-likeness (QED) is 0.0535. The van der Waals surface area contributed by atoms with Crippen molar-refractivity contribution in [3.63, 3.8) is 0 Å². The first-order valence-electron chi connectivity index (χ1n) is 32.6. The zero-order chi connectivity index (χ0) is 66.9. The van der Waals surface area contributed by atoms with E-state index in [0.717, 1.165) is 5.57 Å². The van der Waals surface area contributed by atoms with Gasteiger partial charge in [-0.05, 0) is 111 Å². The summed E-state index contributed by atoms with van der Waals surface area (Å²) < 4.78 is 72.2. The smallest absolute Gasteiger partial charge is 0.315 e. The van der Waals surface area contributed by atoms with Crippen LogP contribution in [0.3, 0.4) is 0 Å². The van der Waals surface area contributed by atoms with Crippen LogP contribution in [0.4, 0.5) is 0 Å². The van der Waals surface area contributed by atoms with Crippen molar-refractivity contribution in [2.45, 2.75) is 279 Å². The molecule has 29 heteroatoms. The second-order valence-corrected chi connectivity index (χ2v) is 30.5. The summed E-state index contributed by atoms with van der Waals surface area (Å²) in [4.78, 5) is 43.1. The SMILES string of the molecule is CC1OC(OC2C(OC(=O)[C@]34CCC(C)(C)C[C@H]3C3=CC[C@@H]5[C@@]6(C)C[C@H](O)[C@@H]7OC8OC(CO)C(O)C(O)C8OC8OCC(O)C(O)C8OC(=O)CC(C)(O)CC(=O)OC[C@@]7(C)[C@@H]6CC[C@@]5(C)[C@]3(C)CC4)OCC(O)C2O)C(O)C(OC2OCC(O)C(O)C2O)C1O.